The summed E-state index contributed by atoms with van der Waals surface area (Å²) in [7, 11) is 0. The van der Waals surface area contributed by atoms with Crippen LogP contribution in [0.1, 0.15) is 12.2 Å². The van der Waals surface area contributed by atoms with E-state index in [1.807, 2.05) is 0 Å². The van der Waals surface area contributed by atoms with Gasteiger partial charge in [-0.25, -0.2) is 0 Å². The molecule has 6 nitrogen and oxygen atoms in total. The Morgan fingerprint density at radius 1 is 1.62 bits per heavy atom. The molecule has 6 heteroatoms. The minimum atomic E-state index is -0.299. The van der Waals surface area contributed by atoms with Crippen molar-refractivity contribution in [1.29, 1.82) is 0 Å². The van der Waals surface area contributed by atoms with Crippen LogP contribution in [0.5, 0.6) is 0 Å². The van der Waals surface area contributed by atoms with E-state index in [-0.39, 0.29) is 5.91 Å². The molecular formula is C7H12N4O2. The molecule has 13 heavy (non-hydrogen) atoms. The van der Waals surface area contributed by atoms with Crippen molar-refractivity contribution in [3.8, 4) is 0 Å². The number of amides is 1. The molecule has 1 amide bonds. The molecule has 0 unspecified atom stereocenters. The Kier molecular flexibility index (Phi) is 3.90. The highest BCUT2D eigenvalue weighted by molar-refractivity contribution is 5.73. The van der Waals surface area contributed by atoms with E-state index in [2.05, 4.69) is 20.0 Å². The van der Waals surface area contributed by atoms with Crippen LogP contribution in [0.4, 0.5) is 0 Å². The zero-order valence-corrected chi connectivity index (χ0v) is 7.19. The molecule has 0 fully saturated rings. The van der Waals surface area contributed by atoms with Crippen molar-refractivity contribution in [3.63, 3.8) is 0 Å². The molecule has 0 aliphatic rings. The summed E-state index contributed by atoms with van der Waals surface area (Å²) in [4.78, 5) is 14.2. The number of hydrogen-bond acceptors (Lipinski definition) is 5. The van der Waals surface area contributed by atoms with Crippen LogP contribution < -0.4 is 11.1 Å². The maximum atomic E-state index is 10.3. The first-order valence-corrected chi connectivity index (χ1v) is 4.03. The number of nitrogens with one attached hydrogen (secondary N) is 1. The zero-order valence-electron chi connectivity index (χ0n) is 7.19. The number of rotatable bonds is 6. The quantitative estimate of drug-likeness (QED) is 0.557. The lowest BCUT2D eigenvalue weighted by molar-refractivity contribution is -0.117. The normalized spacial score (nSPS) is 10.2. The van der Waals surface area contributed by atoms with E-state index in [1.54, 1.807) is 0 Å². The summed E-state index contributed by atoms with van der Waals surface area (Å²) >= 11 is 0. The van der Waals surface area contributed by atoms with Crippen molar-refractivity contribution >= 4 is 5.91 Å². The molecule has 0 aliphatic heterocycles. The van der Waals surface area contributed by atoms with E-state index < -0.39 is 0 Å². The molecule has 0 aliphatic carbocycles. The first kappa shape index (κ1) is 9.66. The van der Waals surface area contributed by atoms with Crippen LogP contribution in [-0.4, -0.2) is 29.1 Å². The molecule has 0 atom stereocenters. The Labute approximate surface area is 75.5 Å². The highest BCUT2D eigenvalue weighted by atomic mass is 16.5. The average Bonchev–Trinajstić information content (AvgIpc) is 2.55. The van der Waals surface area contributed by atoms with Crippen LogP contribution in [0.2, 0.25) is 0 Å². The highest BCUT2D eigenvalue weighted by Gasteiger charge is 1.97. The molecule has 72 valence electrons. The van der Waals surface area contributed by atoms with E-state index in [0.717, 1.165) is 0 Å². The van der Waals surface area contributed by atoms with Gasteiger partial charge in [-0.15, -0.1) is 0 Å². The number of nitrogens with zero attached hydrogens (tertiary/aromatic N) is 2. The largest absolute Gasteiger partial charge is 0.370 e. The first-order chi connectivity index (χ1) is 6.29. The van der Waals surface area contributed by atoms with E-state index >= 15 is 0 Å². The van der Waals surface area contributed by atoms with Crippen LogP contribution in [0.3, 0.4) is 0 Å². The van der Waals surface area contributed by atoms with Gasteiger partial charge in [-0.05, 0) is 0 Å². The van der Waals surface area contributed by atoms with Crippen molar-refractivity contribution in [2.45, 2.75) is 12.8 Å². The van der Waals surface area contributed by atoms with Crippen molar-refractivity contribution in [2.24, 2.45) is 5.73 Å². The summed E-state index contributed by atoms with van der Waals surface area (Å²) < 4.78 is 4.55. The third kappa shape index (κ3) is 4.22. The van der Waals surface area contributed by atoms with Gasteiger partial charge in [0.1, 0.15) is 0 Å². The van der Waals surface area contributed by atoms with Crippen LogP contribution in [0, 0.1) is 0 Å². The fourth-order valence-corrected chi connectivity index (χ4v) is 0.839. The van der Waals surface area contributed by atoms with Crippen LogP contribution in [-0.2, 0) is 11.2 Å². The zero-order chi connectivity index (χ0) is 9.52. The molecular weight excluding hydrogens is 172 g/mol. The predicted molar refractivity (Wildman–Crippen MR) is 44.7 cm³/mol. The minimum Gasteiger partial charge on any atom is -0.370 e. The van der Waals surface area contributed by atoms with E-state index in [0.29, 0.717) is 31.8 Å². The summed E-state index contributed by atoms with van der Waals surface area (Å²) in [5.41, 5.74) is 4.95. The third-order valence-corrected chi connectivity index (χ3v) is 1.48. The van der Waals surface area contributed by atoms with Gasteiger partial charge >= 0.3 is 0 Å². The number of carbonyl (C=O) groups excluding carboxylic acids is 1. The third-order valence-electron chi connectivity index (χ3n) is 1.48. The van der Waals surface area contributed by atoms with Gasteiger partial charge in [0, 0.05) is 25.9 Å². The summed E-state index contributed by atoms with van der Waals surface area (Å²) in [5.74, 6) is 0.360. The Morgan fingerprint density at radius 3 is 3.08 bits per heavy atom. The number of carbonyl (C=O) groups is 1. The van der Waals surface area contributed by atoms with Crippen LogP contribution in [0.15, 0.2) is 10.9 Å². The second kappa shape index (κ2) is 5.26. The summed E-state index contributed by atoms with van der Waals surface area (Å²) in [5, 5.41) is 6.66. The van der Waals surface area contributed by atoms with Gasteiger partial charge in [-0.1, -0.05) is 5.16 Å². The van der Waals surface area contributed by atoms with Crippen LogP contribution in [0.25, 0.3) is 0 Å². The Balaban J connectivity index is 1.99. The standard InChI is InChI=1S/C7H12N4O2/c8-6(12)1-3-9-4-2-7-10-5-13-11-7/h5,9H,1-4H2,(H2,8,12). The summed E-state index contributed by atoms with van der Waals surface area (Å²) in [6.07, 6.45) is 2.33. The van der Waals surface area contributed by atoms with Gasteiger partial charge in [-0.3, -0.25) is 4.79 Å². The molecule has 1 heterocycles. The number of primary amides is 1. The Bertz CT molecular complexity index is 247. The van der Waals surface area contributed by atoms with Crippen molar-refractivity contribution in [3.05, 3.63) is 12.2 Å². The topological polar surface area (TPSA) is 94.0 Å². The lowest BCUT2D eigenvalue weighted by atomic mass is 10.3. The van der Waals surface area contributed by atoms with Crippen molar-refractivity contribution in [2.75, 3.05) is 13.1 Å². The number of aromatic nitrogens is 2. The molecule has 0 saturated carbocycles. The van der Waals surface area contributed by atoms with Crippen molar-refractivity contribution in [1.82, 2.24) is 15.5 Å². The van der Waals surface area contributed by atoms with E-state index in [4.69, 9.17) is 5.73 Å². The SMILES string of the molecule is NC(=O)CCNCCc1ncon1. The summed E-state index contributed by atoms with van der Waals surface area (Å²) in [6.45, 7) is 1.31. The fraction of sp³-hybridized carbons (Fsp3) is 0.571. The smallest absolute Gasteiger partial charge is 0.218 e. The van der Waals surface area contributed by atoms with Gasteiger partial charge in [0.05, 0.1) is 0 Å². The lowest BCUT2D eigenvalue weighted by Crippen LogP contribution is -2.23. The molecule has 0 radical (unpaired) electrons. The maximum Gasteiger partial charge on any atom is 0.218 e. The molecule has 1 aromatic rings. The van der Waals surface area contributed by atoms with Gasteiger partial charge in [0.25, 0.3) is 0 Å². The second-order valence-corrected chi connectivity index (χ2v) is 2.56. The van der Waals surface area contributed by atoms with E-state index in [9.17, 15) is 4.79 Å². The van der Waals surface area contributed by atoms with Gasteiger partial charge in [-0.2, -0.15) is 4.98 Å². The molecule has 0 aromatic carbocycles. The lowest BCUT2D eigenvalue weighted by Gasteiger charge is -1.99. The van der Waals surface area contributed by atoms with Gasteiger partial charge in [0.2, 0.25) is 12.3 Å². The Hall–Kier alpha value is -1.43. The second-order valence-electron chi connectivity index (χ2n) is 2.56. The minimum absolute atomic E-state index is 0.299. The fourth-order valence-electron chi connectivity index (χ4n) is 0.839. The van der Waals surface area contributed by atoms with Crippen molar-refractivity contribution < 1.29 is 9.32 Å². The monoisotopic (exact) mass is 184 g/mol. The number of hydrogen-bond donors (Lipinski definition) is 2. The molecule has 0 spiro atoms. The van der Waals surface area contributed by atoms with Gasteiger partial charge < -0.3 is 15.6 Å². The van der Waals surface area contributed by atoms with Gasteiger partial charge in [0.15, 0.2) is 5.82 Å². The predicted octanol–water partition coefficient (Wildman–Crippen LogP) is -0.923. The molecule has 3 N–H and O–H groups in total. The molecule has 1 aromatic heterocycles. The highest BCUT2D eigenvalue weighted by Crippen LogP contribution is 1.87. The average molecular weight is 184 g/mol. The maximum absolute atomic E-state index is 10.3. The molecule has 0 saturated heterocycles. The Morgan fingerprint density at radius 2 is 2.46 bits per heavy atom. The number of nitrogens with two attached hydrogens (primary N) is 1. The first-order valence-electron chi connectivity index (χ1n) is 4.03. The van der Waals surface area contributed by atoms with E-state index in [1.165, 1.54) is 6.39 Å². The molecule has 0 bridgehead atoms. The molecule has 1 rings (SSSR count). The summed E-state index contributed by atoms with van der Waals surface area (Å²) in [6, 6.07) is 0. The van der Waals surface area contributed by atoms with Crippen LogP contribution >= 0.6 is 0 Å².